The van der Waals surface area contributed by atoms with Crippen LogP contribution in [-0.4, -0.2) is 26.0 Å². The number of ether oxygens (including phenoxy) is 1. The monoisotopic (exact) mass is 312 g/mol. The lowest BCUT2D eigenvalue weighted by atomic mass is 10.1. The van der Waals surface area contributed by atoms with Crippen molar-refractivity contribution in [3.05, 3.63) is 4.88 Å². The van der Waals surface area contributed by atoms with Crippen LogP contribution in [0.3, 0.4) is 0 Å². The standard InChI is InChI=1S/C16H28N2O2S/c1-7-12(19)15-13(17)14(20-6)16(21-15)18(8-10(2)3)9-11(4)5/h10-11H,7-9,17H2,1-6H3. The maximum absolute atomic E-state index is 12.0. The number of hydrogen-bond donors (Lipinski definition) is 1. The molecule has 0 fully saturated rings. The molecule has 0 saturated carbocycles. The van der Waals surface area contributed by atoms with Crippen LogP contribution in [-0.2, 0) is 0 Å². The summed E-state index contributed by atoms with van der Waals surface area (Å²) < 4.78 is 5.49. The van der Waals surface area contributed by atoms with Crippen LogP contribution in [0.1, 0.15) is 50.7 Å². The molecular weight excluding hydrogens is 284 g/mol. The first-order valence-corrected chi connectivity index (χ1v) is 8.37. The third-order valence-corrected chi connectivity index (χ3v) is 4.41. The zero-order valence-corrected chi connectivity index (χ0v) is 14.8. The topological polar surface area (TPSA) is 55.6 Å². The summed E-state index contributed by atoms with van der Waals surface area (Å²) in [6, 6.07) is 0. The van der Waals surface area contributed by atoms with E-state index in [-0.39, 0.29) is 5.78 Å². The van der Waals surface area contributed by atoms with Crippen molar-refractivity contribution >= 4 is 27.8 Å². The van der Waals surface area contributed by atoms with Crippen LogP contribution in [0.25, 0.3) is 0 Å². The third-order valence-electron chi connectivity index (χ3n) is 3.12. The van der Waals surface area contributed by atoms with Gasteiger partial charge in [-0.3, -0.25) is 4.79 Å². The van der Waals surface area contributed by atoms with Crippen molar-refractivity contribution in [2.45, 2.75) is 41.0 Å². The average molecular weight is 312 g/mol. The van der Waals surface area contributed by atoms with E-state index in [0.29, 0.717) is 34.6 Å². The summed E-state index contributed by atoms with van der Waals surface area (Å²) in [6.07, 6.45) is 0.460. The Labute approximate surface area is 132 Å². The molecule has 4 nitrogen and oxygen atoms in total. The summed E-state index contributed by atoms with van der Waals surface area (Å²) in [5.74, 6) is 1.79. The molecule has 2 N–H and O–H groups in total. The van der Waals surface area contributed by atoms with E-state index < -0.39 is 0 Å². The number of methoxy groups -OCH3 is 1. The average Bonchev–Trinajstić information content (AvgIpc) is 2.73. The second-order valence-corrected chi connectivity index (χ2v) is 7.15. The van der Waals surface area contributed by atoms with E-state index in [1.165, 1.54) is 11.3 Å². The van der Waals surface area contributed by atoms with E-state index in [1.807, 2.05) is 6.92 Å². The molecule has 0 atom stereocenters. The molecule has 0 aliphatic carbocycles. The summed E-state index contributed by atoms with van der Waals surface area (Å²) in [5, 5.41) is 0.981. The minimum absolute atomic E-state index is 0.0797. The second-order valence-electron chi connectivity index (χ2n) is 6.15. The highest BCUT2D eigenvalue weighted by Crippen LogP contribution is 2.45. The van der Waals surface area contributed by atoms with Gasteiger partial charge in [-0.1, -0.05) is 34.6 Å². The van der Waals surface area contributed by atoms with Crippen LogP contribution in [0.4, 0.5) is 10.7 Å². The van der Waals surface area contributed by atoms with Gasteiger partial charge in [-0.25, -0.2) is 0 Å². The first-order chi connectivity index (χ1) is 9.81. The van der Waals surface area contributed by atoms with Crippen LogP contribution in [0.2, 0.25) is 0 Å². The molecule has 0 aliphatic heterocycles. The van der Waals surface area contributed by atoms with Crippen LogP contribution in [0, 0.1) is 11.8 Å². The summed E-state index contributed by atoms with van der Waals surface area (Å²) in [5.41, 5.74) is 6.62. The van der Waals surface area contributed by atoms with Crippen molar-refractivity contribution in [1.29, 1.82) is 0 Å². The molecule has 1 rings (SSSR count). The number of nitrogens with two attached hydrogens (primary N) is 1. The Hall–Kier alpha value is -1.23. The quantitative estimate of drug-likeness (QED) is 0.736. The number of thiophene rings is 1. The third kappa shape index (κ3) is 4.37. The maximum Gasteiger partial charge on any atom is 0.177 e. The van der Waals surface area contributed by atoms with Gasteiger partial charge in [0.05, 0.1) is 17.7 Å². The molecule has 1 heterocycles. The lowest BCUT2D eigenvalue weighted by molar-refractivity contribution is 0.0992. The largest absolute Gasteiger partial charge is 0.492 e. The zero-order chi connectivity index (χ0) is 16.2. The van der Waals surface area contributed by atoms with Gasteiger partial charge in [-0.05, 0) is 11.8 Å². The van der Waals surface area contributed by atoms with Gasteiger partial charge in [-0.15, -0.1) is 11.3 Å². The van der Waals surface area contributed by atoms with E-state index in [0.717, 1.165) is 18.1 Å². The Balaban J connectivity index is 3.25. The van der Waals surface area contributed by atoms with Crippen LogP contribution >= 0.6 is 11.3 Å². The molecule has 0 aromatic carbocycles. The predicted octanol–water partition coefficient (Wildman–Crippen LogP) is 4.05. The molecule has 21 heavy (non-hydrogen) atoms. The van der Waals surface area contributed by atoms with E-state index in [2.05, 4.69) is 32.6 Å². The van der Waals surface area contributed by atoms with Gasteiger partial charge in [0.15, 0.2) is 11.5 Å². The van der Waals surface area contributed by atoms with Crippen LogP contribution < -0.4 is 15.4 Å². The SMILES string of the molecule is CCC(=O)c1sc(N(CC(C)C)CC(C)C)c(OC)c1N. The lowest BCUT2D eigenvalue weighted by Gasteiger charge is -2.27. The Morgan fingerprint density at radius 2 is 1.76 bits per heavy atom. The Morgan fingerprint density at radius 3 is 2.14 bits per heavy atom. The minimum Gasteiger partial charge on any atom is -0.492 e. The molecule has 0 saturated heterocycles. The van der Waals surface area contributed by atoms with Crippen molar-refractivity contribution in [1.82, 2.24) is 0 Å². The van der Waals surface area contributed by atoms with Gasteiger partial charge in [0, 0.05) is 19.5 Å². The molecule has 0 aliphatic rings. The van der Waals surface area contributed by atoms with Crippen LogP contribution in [0.15, 0.2) is 0 Å². The predicted molar refractivity (Wildman–Crippen MR) is 91.8 cm³/mol. The Kier molecular flexibility index (Phi) is 6.52. The number of rotatable bonds is 8. The molecule has 5 heteroatoms. The molecule has 0 bridgehead atoms. The fourth-order valence-electron chi connectivity index (χ4n) is 2.31. The molecule has 1 aromatic heterocycles. The fourth-order valence-corrected chi connectivity index (χ4v) is 3.53. The van der Waals surface area contributed by atoms with Gasteiger partial charge < -0.3 is 15.4 Å². The summed E-state index contributed by atoms with van der Waals surface area (Å²) in [6.45, 7) is 12.5. The van der Waals surface area contributed by atoms with Crippen molar-refractivity contribution in [3.8, 4) is 5.75 Å². The van der Waals surface area contributed by atoms with E-state index in [9.17, 15) is 4.79 Å². The van der Waals surface area contributed by atoms with Crippen LogP contribution in [0.5, 0.6) is 5.75 Å². The van der Waals surface area contributed by atoms with Crippen molar-refractivity contribution in [2.24, 2.45) is 11.8 Å². The number of ketones is 1. The molecule has 120 valence electrons. The van der Waals surface area contributed by atoms with Crippen molar-refractivity contribution < 1.29 is 9.53 Å². The van der Waals surface area contributed by atoms with Gasteiger partial charge in [-0.2, -0.15) is 0 Å². The minimum atomic E-state index is 0.0797. The van der Waals surface area contributed by atoms with Crippen molar-refractivity contribution in [3.63, 3.8) is 0 Å². The number of nitrogens with zero attached hydrogens (tertiary/aromatic N) is 1. The highest BCUT2D eigenvalue weighted by Gasteiger charge is 2.25. The second kappa shape index (κ2) is 7.69. The number of Topliss-reactive ketones (excluding diaryl/α,β-unsaturated/α-hetero) is 1. The van der Waals surface area contributed by atoms with E-state index >= 15 is 0 Å². The van der Waals surface area contributed by atoms with E-state index in [4.69, 9.17) is 10.5 Å². The Morgan fingerprint density at radius 1 is 1.24 bits per heavy atom. The highest BCUT2D eigenvalue weighted by molar-refractivity contribution is 7.19. The molecule has 0 unspecified atom stereocenters. The van der Waals surface area contributed by atoms with E-state index in [1.54, 1.807) is 7.11 Å². The number of anilines is 2. The van der Waals surface area contributed by atoms with Crippen molar-refractivity contribution in [2.75, 3.05) is 30.8 Å². The summed E-state index contributed by atoms with van der Waals surface area (Å²) in [7, 11) is 1.62. The lowest BCUT2D eigenvalue weighted by Crippen LogP contribution is -2.30. The number of nitrogen functional groups attached to an aromatic ring is 1. The highest BCUT2D eigenvalue weighted by atomic mass is 32.1. The maximum atomic E-state index is 12.0. The summed E-state index contributed by atoms with van der Waals surface area (Å²) in [4.78, 5) is 15.0. The Bertz CT molecular complexity index is 471. The fraction of sp³-hybridized carbons (Fsp3) is 0.688. The van der Waals surface area contributed by atoms with Gasteiger partial charge >= 0.3 is 0 Å². The number of carbonyl (C=O) groups excluding carboxylic acids is 1. The molecular formula is C16H28N2O2S. The first-order valence-electron chi connectivity index (χ1n) is 7.56. The number of hydrogen-bond acceptors (Lipinski definition) is 5. The number of carbonyl (C=O) groups is 1. The molecule has 0 amide bonds. The van der Waals surface area contributed by atoms with Gasteiger partial charge in [0.2, 0.25) is 0 Å². The molecule has 0 radical (unpaired) electrons. The normalized spacial score (nSPS) is 11.2. The van der Waals surface area contributed by atoms with Gasteiger partial charge in [0.25, 0.3) is 0 Å². The first kappa shape index (κ1) is 17.8. The molecule has 1 aromatic rings. The zero-order valence-electron chi connectivity index (χ0n) is 14.0. The summed E-state index contributed by atoms with van der Waals surface area (Å²) >= 11 is 1.46. The smallest absolute Gasteiger partial charge is 0.177 e. The van der Waals surface area contributed by atoms with Gasteiger partial charge in [0.1, 0.15) is 5.00 Å². The molecule has 0 spiro atoms.